The molecule has 4 rings (SSSR count). The van der Waals surface area contributed by atoms with Crippen molar-refractivity contribution in [3.63, 3.8) is 0 Å². The van der Waals surface area contributed by atoms with Crippen LogP contribution in [-0.2, 0) is 13.0 Å². The van der Waals surface area contributed by atoms with Crippen molar-refractivity contribution in [2.75, 3.05) is 6.79 Å². The summed E-state index contributed by atoms with van der Waals surface area (Å²) in [5, 5.41) is 2.71. The van der Waals surface area contributed by atoms with E-state index in [9.17, 15) is 14.4 Å². The van der Waals surface area contributed by atoms with Crippen LogP contribution in [0.5, 0.6) is 11.5 Å². The lowest BCUT2D eigenvalue weighted by molar-refractivity contribution is 0.0949. The van der Waals surface area contributed by atoms with Crippen LogP contribution in [0.25, 0.3) is 0 Å². The smallest absolute Gasteiger partial charge is 0.261 e. The zero-order valence-corrected chi connectivity index (χ0v) is 14.3. The Morgan fingerprint density at radius 3 is 2.85 bits per heavy atom. The molecule has 0 fully saturated rings. The second-order valence-corrected chi connectivity index (χ2v) is 6.71. The summed E-state index contributed by atoms with van der Waals surface area (Å²) in [5.74, 6) is 0.927. The van der Waals surface area contributed by atoms with Gasteiger partial charge >= 0.3 is 0 Å². The molecule has 2 aromatic rings. The van der Waals surface area contributed by atoms with Gasteiger partial charge in [0.15, 0.2) is 17.3 Å². The van der Waals surface area contributed by atoms with Gasteiger partial charge in [-0.2, -0.15) is 0 Å². The number of amides is 1. The molecule has 0 saturated heterocycles. The Kier molecular flexibility index (Phi) is 3.99. The molecule has 0 unspecified atom stereocenters. The van der Waals surface area contributed by atoms with E-state index >= 15 is 0 Å². The third-order valence-electron chi connectivity index (χ3n) is 4.64. The number of H-pyrrole nitrogens is 1. The van der Waals surface area contributed by atoms with Crippen LogP contribution >= 0.6 is 0 Å². The summed E-state index contributed by atoms with van der Waals surface area (Å²) in [6.07, 6.45) is 1.06. The molecule has 134 valence electrons. The number of carbonyl (C=O) groups excluding carboxylic acids is 2. The van der Waals surface area contributed by atoms with E-state index in [4.69, 9.17) is 9.47 Å². The van der Waals surface area contributed by atoms with Crippen molar-refractivity contribution in [1.29, 1.82) is 0 Å². The number of carbonyl (C=O) groups is 2. The zero-order valence-electron chi connectivity index (χ0n) is 14.3. The highest BCUT2D eigenvalue weighted by Crippen LogP contribution is 2.32. The van der Waals surface area contributed by atoms with Gasteiger partial charge in [0.05, 0.1) is 0 Å². The molecule has 2 heterocycles. The predicted octanol–water partition coefficient (Wildman–Crippen LogP) is 1.80. The number of aromatic nitrogens is 1. The Morgan fingerprint density at radius 1 is 1.19 bits per heavy atom. The third-order valence-corrected chi connectivity index (χ3v) is 4.64. The number of pyridine rings is 1. The number of ketones is 1. The second kappa shape index (κ2) is 6.33. The first-order valence-corrected chi connectivity index (χ1v) is 8.47. The number of fused-ring (bicyclic) bond motifs is 2. The van der Waals surface area contributed by atoms with E-state index in [1.807, 2.05) is 13.0 Å². The fourth-order valence-corrected chi connectivity index (χ4v) is 3.32. The monoisotopic (exact) mass is 354 g/mol. The number of hydrogen-bond acceptors (Lipinski definition) is 5. The summed E-state index contributed by atoms with van der Waals surface area (Å²) in [6.45, 7) is 2.38. The Bertz CT molecular complexity index is 963. The van der Waals surface area contributed by atoms with Crippen LogP contribution in [0.3, 0.4) is 0 Å². The molecule has 1 aliphatic carbocycles. The number of benzene rings is 1. The van der Waals surface area contributed by atoms with Crippen molar-refractivity contribution in [2.45, 2.75) is 26.3 Å². The van der Waals surface area contributed by atoms with Crippen LogP contribution in [0, 0.1) is 5.92 Å². The highest BCUT2D eigenvalue weighted by Gasteiger charge is 2.25. The lowest BCUT2D eigenvalue weighted by Crippen LogP contribution is -2.32. The van der Waals surface area contributed by atoms with E-state index in [2.05, 4.69) is 10.3 Å². The zero-order chi connectivity index (χ0) is 18.3. The summed E-state index contributed by atoms with van der Waals surface area (Å²) in [4.78, 5) is 39.6. The first-order chi connectivity index (χ1) is 12.5. The summed E-state index contributed by atoms with van der Waals surface area (Å²) in [5.41, 5.74) is 1.35. The van der Waals surface area contributed by atoms with Gasteiger partial charge in [-0.05, 0) is 36.1 Å². The topological polar surface area (TPSA) is 97.5 Å². The first kappa shape index (κ1) is 16.4. The molecule has 0 bridgehead atoms. The van der Waals surface area contributed by atoms with Gasteiger partial charge in [-0.15, -0.1) is 0 Å². The van der Waals surface area contributed by atoms with Crippen LogP contribution < -0.4 is 20.3 Å². The second-order valence-electron chi connectivity index (χ2n) is 6.71. The van der Waals surface area contributed by atoms with Crippen LogP contribution in [0.1, 0.15) is 45.3 Å². The highest BCUT2D eigenvalue weighted by molar-refractivity contribution is 6.01. The van der Waals surface area contributed by atoms with Gasteiger partial charge in [0.2, 0.25) is 6.79 Å². The maximum Gasteiger partial charge on any atom is 0.261 e. The minimum absolute atomic E-state index is 0.0418. The molecule has 1 aromatic heterocycles. The van der Waals surface area contributed by atoms with Crippen molar-refractivity contribution < 1.29 is 19.1 Å². The summed E-state index contributed by atoms with van der Waals surface area (Å²) in [7, 11) is 0. The Hall–Kier alpha value is -3.09. The SMILES string of the molecule is C[C@@H]1CC(=O)c2cc(C(=O)NCc3ccc4c(c3)OCO4)c(=O)[nH]c2C1. The Morgan fingerprint density at radius 2 is 2.00 bits per heavy atom. The largest absolute Gasteiger partial charge is 0.454 e. The minimum atomic E-state index is -0.516. The van der Waals surface area contributed by atoms with Gasteiger partial charge in [-0.1, -0.05) is 13.0 Å². The predicted molar refractivity (Wildman–Crippen MR) is 92.6 cm³/mol. The molecule has 2 N–H and O–H groups in total. The van der Waals surface area contributed by atoms with Crippen molar-refractivity contribution in [3.8, 4) is 11.5 Å². The van der Waals surface area contributed by atoms with Crippen LogP contribution in [0.2, 0.25) is 0 Å². The molecule has 2 aliphatic rings. The number of ether oxygens (including phenoxy) is 2. The van der Waals surface area contributed by atoms with Gasteiger partial charge in [-0.25, -0.2) is 0 Å². The lowest BCUT2D eigenvalue weighted by Gasteiger charge is -2.20. The molecule has 7 heteroatoms. The number of nitrogens with one attached hydrogen (secondary N) is 2. The van der Waals surface area contributed by atoms with Gasteiger partial charge in [0.25, 0.3) is 11.5 Å². The van der Waals surface area contributed by atoms with Crippen molar-refractivity contribution in [2.24, 2.45) is 5.92 Å². The molecule has 1 amide bonds. The maximum absolute atomic E-state index is 12.4. The molecule has 26 heavy (non-hydrogen) atoms. The molecule has 7 nitrogen and oxygen atoms in total. The van der Waals surface area contributed by atoms with E-state index in [0.717, 1.165) is 5.56 Å². The van der Waals surface area contributed by atoms with E-state index in [0.29, 0.717) is 35.6 Å². The average molecular weight is 354 g/mol. The fraction of sp³-hybridized carbons (Fsp3) is 0.316. The maximum atomic E-state index is 12.4. The van der Waals surface area contributed by atoms with Gasteiger partial charge in [-0.3, -0.25) is 14.4 Å². The van der Waals surface area contributed by atoms with E-state index < -0.39 is 11.5 Å². The quantitative estimate of drug-likeness (QED) is 0.876. The Balaban J connectivity index is 1.52. The molecule has 0 radical (unpaired) electrons. The number of Topliss-reactive ketones (excluding diaryl/α,β-unsaturated/α-hetero) is 1. The van der Waals surface area contributed by atoms with Gasteiger partial charge in [0, 0.05) is 24.2 Å². The molecular formula is C19H18N2O5. The Labute approximate surface area is 149 Å². The normalized spacial score (nSPS) is 17.7. The van der Waals surface area contributed by atoms with Crippen molar-refractivity contribution in [3.05, 3.63) is 57.0 Å². The standard InChI is InChI=1S/C19H18N2O5/c1-10-4-14-12(15(22)5-10)7-13(19(24)21-14)18(23)20-8-11-2-3-16-17(6-11)26-9-25-16/h2-3,6-7,10H,4-5,8-9H2,1H3,(H,20,23)(H,21,24)/t10-/m0/s1. The summed E-state index contributed by atoms with van der Waals surface area (Å²) >= 11 is 0. The molecule has 1 atom stereocenters. The van der Waals surface area contributed by atoms with E-state index in [-0.39, 0.29) is 30.6 Å². The van der Waals surface area contributed by atoms with Gasteiger partial charge in [0.1, 0.15) is 5.56 Å². The first-order valence-electron chi connectivity index (χ1n) is 8.47. The summed E-state index contributed by atoms with van der Waals surface area (Å²) < 4.78 is 10.6. The number of hydrogen-bond donors (Lipinski definition) is 2. The van der Waals surface area contributed by atoms with E-state index in [1.165, 1.54) is 6.07 Å². The van der Waals surface area contributed by atoms with Crippen molar-refractivity contribution in [1.82, 2.24) is 10.3 Å². The lowest BCUT2D eigenvalue weighted by atomic mass is 9.86. The molecule has 0 saturated carbocycles. The highest BCUT2D eigenvalue weighted by atomic mass is 16.7. The third kappa shape index (κ3) is 2.96. The van der Waals surface area contributed by atoms with Crippen LogP contribution in [0.15, 0.2) is 29.1 Å². The molecular weight excluding hydrogens is 336 g/mol. The summed E-state index contributed by atoms with van der Waals surface area (Å²) in [6, 6.07) is 6.78. The molecule has 0 spiro atoms. The number of aromatic amines is 1. The number of rotatable bonds is 3. The molecule has 1 aromatic carbocycles. The van der Waals surface area contributed by atoms with Crippen LogP contribution in [0.4, 0.5) is 0 Å². The molecule has 1 aliphatic heterocycles. The minimum Gasteiger partial charge on any atom is -0.454 e. The van der Waals surface area contributed by atoms with Gasteiger partial charge < -0.3 is 19.8 Å². The fourth-order valence-electron chi connectivity index (χ4n) is 3.32. The van der Waals surface area contributed by atoms with E-state index in [1.54, 1.807) is 12.1 Å². The van der Waals surface area contributed by atoms with Crippen LogP contribution in [-0.4, -0.2) is 23.5 Å². The van der Waals surface area contributed by atoms with Crippen molar-refractivity contribution >= 4 is 11.7 Å². The average Bonchev–Trinajstić information content (AvgIpc) is 3.06.